The van der Waals surface area contributed by atoms with E-state index in [9.17, 15) is 9.59 Å². The van der Waals surface area contributed by atoms with Crippen molar-refractivity contribution in [2.45, 2.75) is 39.2 Å². The van der Waals surface area contributed by atoms with Crippen molar-refractivity contribution in [3.8, 4) is 0 Å². The highest BCUT2D eigenvalue weighted by molar-refractivity contribution is 5.77. The van der Waals surface area contributed by atoms with E-state index in [1.165, 1.54) is 6.92 Å². The van der Waals surface area contributed by atoms with E-state index in [-0.39, 0.29) is 23.8 Å². The highest BCUT2D eigenvalue weighted by Crippen LogP contribution is 2.26. The van der Waals surface area contributed by atoms with E-state index >= 15 is 0 Å². The topological polar surface area (TPSA) is 55.4 Å². The summed E-state index contributed by atoms with van der Waals surface area (Å²) in [6.07, 6.45) is 2.68. The van der Waals surface area contributed by atoms with E-state index in [2.05, 4.69) is 5.32 Å². The normalized spacial score (nSPS) is 25.9. The molecule has 14 heavy (non-hydrogen) atoms. The average molecular weight is 199 g/mol. The first-order valence-corrected chi connectivity index (χ1v) is 5.09. The molecule has 4 heteroatoms. The molecule has 1 amide bonds. The molecular weight excluding hydrogens is 182 g/mol. The molecule has 2 atom stereocenters. The Morgan fingerprint density at radius 1 is 1.43 bits per heavy atom. The zero-order chi connectivity index (χ0) is 10.6. The fourth-order valence-corrected chi connectivity index (χ4v) is 1.93. The number of nitrogens with one attached hydrogen (secondary N) is 1. The van der Waals surface area contributed by atoms with Gasteiger partial charge in [0.05, 0.1) is 12.5 Å². The summed E-state index contributed by atoms with van der Waals surface area (Å²) in [6, 6.07) is -0.0217. The molecule has 1 aliphatic carbocycles. The molecule has 80 valence electrons. The molecule has 1 fully saturated rings. The molecule has 4 nitrogen and oxygen atoms in total. The second kappa shape index (κ2) is 4.98. The zero-order valence-electron chi connectivity index (χ0n) is 8.71. The molecule has 0 bridgehead atoms. The highest BCUT2D eigenvalue weighted by atomic mass is 16.5. The Morgan fingerprint density at radius 3 is 2.71 bits per heavy atom. The lowest BCUT2D eigenvalue weighted by atomic mass is 10.0. The highest BCUT2D eigenvalue weighted by Gasteiger charge is 2.34. The Kier molecular flexibility index (Phi) is 3.92. The number of rotatable bonds is 3. The Morgan fingerprint density at radius 2 is 2.14 bits per heavy atom. The molecular formula is C10H17NO3. The largest absolute Gasteiger partial charge is 0.466 e. The van der Waals surface area contributed by atoms with Crippen LogP contribution in [0.1, 0.15) is 33.1 Å². The molecule has 1 saturated carbocycles. The fourth-order valence-electron chi connectivity index (χ4n) is 1.93. The lowest BCUT2D eigenvalue weighted by Crippen LogP contribution is -2.39. The van der Waals surface area contributed by atoms with Crippen molar-refractivity contribution < 1.29 is 14.3 Å². The van der Waals surface area contributed by atoms with Gasteiger partial charge in [-0.15, -0.1) is 0 Å². The molecule has 0 saturated heterocycles. The summed E-state index contributed by atoms with van der Waals surface area (Å²) in [5.41, 5.74) is 0. The molecule has 0 aromatic rings. The number of esters is 1. The van der Waals surface area contributed by atoms with Crippen LogP contribution in [0.3, 0.4) is 0 Å². The van der Waals surface area contributed by atoms with Gasteiger partial charge in [-0.2, -0.15) is 0 Å². The molecule has 0 spiro atoms. The van der Waals surface area contributed by atoms with Crippen LogP contribution in [-0.4, -0.2) is 24.5 Å². The van der Waals surface area contributed by atoms with Crippen molar-refractivity contribution in [2.24, 2.45) is 5.92 Å². The van der Waals surface area contributed by atoms with Crippen molar-refractivity contribution in [3.63, 3.8) is 0 Å². The van der Waals surface area contributed by atoms with E-state index in [1.54, 1.807) is 6.92 Å². The van der Waals surface area contributed by atoms with Crippen molar-refractivity contribution in [1.82, 2.24) is 5.32 Å². The first-order valence-electron chi connectivity index (χ1n) is 5.09. The van der Waals surface area contributed by atoms with Crippen LogP contribution in [0.2, 0.25) is 0 Å². The van der Waals surface area contributed by atoms with Crippen LogP contribution in [0.5, 0.6) is 0 Å². The van der Waals surface area contributed by atoms with Gasteiger partial charge >= 0.3 is 5.97 Å². The third-order valence-corrected chi connectivity index (χ3v) is 2.49. The molecule has 1 rings (SSSR count). The molecule has 1 aliphatic rings. The third kappa shape index (κ3) is 2.72. The first-order chi connectivity index (χ1) is 6.65. The van der Waals surface area contributed by atoms with Crippen molar-refractivity contribution >= 4 is 11.9 Å². The van der Waals surface area contributed by atoms with E-state index in [1.807, 2.05) is 0 Å². The summed E-state index contributed by atoms with van der Waals surface area (Å²) < 4.78 is 4.95. The molecule has 0 radical (unpaired) electrons. The maximum Gasteiger partial charge on any atom is 0.311 e. The van der Waals surface area contributed by atoms with Crippen LogP contribution in [0.25, 0.3) is 0 Å². The predicted molar refractivity (Wildman–Crippen MR) is 51.6 cm³/mol. The molecule has 0 unspecified atom stereocenters. The van der Waals surface area contributed by atoms with Crippen LogP contribution in [-0.2, 0) is 14.3 Å². The van der Waals surface area contributed by atoms with Crippen LogP contribution in [0.15, 0.2) is 0 Å². The number of hydrogen-bond donors (Lipinski definition) is 1. The van der Waals surface area contributed by atoms with Gasteiger partial charge in [-0.3, -0.25) is 9.59 Å². The van der Waals surface area contributed by atoms with Gasteiger partial charge in [0.1, 0.15) is 0 Å². The van der Waals surface area contributed by atoms with Gasteiger partial charge in [0.2, 0.25) is 5.91 Å². The van der Waals surface area contributed by atoms with Crippen molar-refractivity contribution in [2.75, 3.05) is 6.61 Å². The monoisotopic (exact) mass is 199 g/mol. The standard InChI is InChI=1S/C10H17NO3/c1-3-14-10(13)8-5-4-6-9(8)11-7(2)12/h8-9H,3-6H2,1-2H3,(H,11,12)/t8-,9+/m0/s1. The summed E-state index contributed by atoms with van der Waals surface area (Å²) in [5, 5.41) is 2.79. The minimum absolute atomic E-state index is 0.0217. The van der Waals surface area contributed by atoms with Crippen molar-refractivity contribution in [1.29, 1.82) is 0 Å². The van der Waals surface area contributed by atoms with E-state index in [4.69, 9.17) is 4.74 Å². The Hall–Kier alpha value is -1.06. The van der Waals surface area contributed by atoms with E-state index < -0.39 is 0 Å². The summed E-state index contributed by atoms with van der Waals surface area (Å²) in [5.74, 6) is -0.395. The number of ether oxygens (including phenoxy) is 1. The number of carbonyl (C=O) groups is 2. The quantitative estimate of drug-likeness (QED) is 0.686. The smallest absolute Gasteiger partial charge is 0.311 e. The van der Waals surface area contributed by atoms with Crippen LogP contribution < -0.4 is 5.32 Å². The van der Waals surface area contributed by atoms with Crippen LogP contribution in [0.4, 0.5) is 0 Å². The predicted octanol–water partition coefficient (Wildman–Crippen LogP) is 0.854. The second-order valence-electron chi connectivity index (χ2n) is 3.60. The third-order valence-electron chi connectivity index (χ3n) is 2.49. The molecule has 0 aliphatic heterocycles. The van der Waals surface area contributed by atoms with Gasteiger partial charge in [0.15, 0.2) is 0 Å². The number of hydrogen-bond acceptors (Lipinski definition) is 3. The Bertz CT molecular complexity index is 227. The summed E-state index contributed by atoms with van der Waals surface area (Å²) >= 11 is 0. The second-order valence-corrected chi connectivity index (χ2v) is 3.60. The van der Waals surface area contributed by atoms with Gasteiger partial charge in [0.25, 0.3) is 0 Å². The summed E-state index contributed by atoms with van der Waals surface area (Å²) in [7, 11) is 0. The Labute approximate surface area is 84.0 Å². The van der Waals surface area contributed by atoms with E-state index in [0.717, 1.165) is 19.3 Å². The molecule has 1 N–H and O–H groups in total. The van der Waals surface area contributed by atoms with Crippen LogP contribution in [0, 0.1) is 5.92 Å². The maximum atomic E-state index is 11.5. The van der Waals surface area contributed by atoms with Gasteiger partial charge < -0.3 is 10.1 Å². The van der Waals surface area contributed by atoms with Gasteiger partial charge in [0, 0.05) is 13.0 Å². The molecule has 0 aromatic heterocycles. The lowest BCUT2D eigenvalue weighted by Gasteiger charge is -2.18. The zero-order valence-corrected chi connectivity index (χ0v) is 8.71. The average Bonchev–Trinajstić information content (AvgIpc) is 2.51. The summed E-state index contributed by atoms with van der Waals surface area (Å²) in [4.78, 5) is 22.3. The lowest BCUT2D eigenvalue weighted by molar-refractivity contribution is -0.148. The first kappa shape index (κ1) is 11.0. The molecule has 0 heterocycles. The Balaban J connectivity index is 2.50. The van der Waals surface area contributed by atoms with E-state index in [0.29, 0.717) is 6.61 Å². The minimum atomic E-state index is -0.177. The number of carbonyl (C=O) groups excluding carboxylic acids is 2. The van der Waals surface area contributed by atoms with Gasteiger partial charge in [-0.25, -0.2) is 0 Å². The number of amides is 1. The maximum absolute atomic E-state index is 11.5. The van der Waals surface area contributed by atoms with Crippen LogP contribution >= 0.6 is 0 Å². The van der Waals surface area contributed by atoms with Gasteiger partial charge in [-0.05, 0) is 19.8 Å². The molecule has 0 aromatic carbocycles. The minimum Gasteiger partial charge on any atom is -0.466 e. The summed E-state index contributed by atoms with van der Waals surface area (Å²) in [6.45, 7) is 3.67. The van der Waals surface area contributed by atoms with Crippen molar-refractivity contribution in [3.05, 3.63) is 0 Å². The van der Waals surface area contributed by atoms with Gasteiger partial charge in [-0.1, -0.05) is 6.42 Å². The SMILES string of the molecule is CCOC(=O)[C@H]1CCC[C@H]1NC(C)=O. The fraction of sp³-hybridized carbons (Fsp3) is 0.800.